The molecule has 0 aliphatic rings. The summed E-state index contributed by atoms with van der Waals surface area (Å²) in [6.45, 7) is 5.37. The summed E-state index contributed by atoms with van der Waals surface area (Å²) in [5.41, 5.74) is 0.129. The van der Waals surface area contributed by atoms with E-state index in [0.29, 0.717) is 0 Å². The summed E-state index contributed by atoms with van der Waals surface area (Å²) < 4.78 is 37.8. The second-order valence-corrected chi connectivity index (χ2v) is 7.26. The summed E-state index contributed by atoms with van der Waals surface area (Å²) in [6.07, 6.45) is 0.983. The average molecular weight is 316 g/mol. The van der Waals surface area contributed by atoms with Gasteiger partial charge in [-0.25, -0.2) is 12.8 Å². The van der Waals surface area contributed by atoms with Gasteiger partial charge in [0.2, 0.25) is 15.9 Å². The van der Waals surface area contributed by atoms with Crippen molar-refractivity contribution in [2.75, 3.05) is 17.1 Å². The number of halogens is 1. The average Bonchev–Trinajstić information content (AvgIpc) is 2.34. The first-order valence-electron chi connectivity index (χ1n) is 6.64. The SMILES string of the molecule is CC(C)[C@@H](C)NC(=O)CN(c1cccc(F)c1)S(C)(=O)=O. The molecule has 7 heteroatoms. The third kappa shape index (κ3) is 5.34. The van der Waals surface area contributed by atoms with Gasteiger partial charge in [-0.2, -0.15) is 0 Å². The Labute approximate surface area is 125 Å². The molecule has 1 rings (SSSR count). The number of anilines is 1. The number of amides is 1. The highest BCUT2D eigenvalue weighted by atomic mass is 32.2. The zero-order chi connectivity index (χ0) is 16.2. The standard InChI is InChI=1S/C14H21FN2O3S/c1-10(2)11(3)16-14(18)9-17(21(4,19)20)13-7-5-6-12(15)8-13/h5-8,10-11H,9H2,1-4H3,(H,16,18)/t11-/m1/s1. The van der Waals surface area contributed by atoms with Crippen LogP contribution in [0.25, 0.3) is 0 Å². The number of hydrogen-bond donors (Lipinski definition) is 1. The first kappa shape index (κ1) is 17.4. The van der Waals surface area contributed by atoms with E-state index < -0.39 is 21.7 Å². The van der Waals surface area contributed by atoms with Crippen LogP contribution in [-0.2, 0) is 14.8 Å². The monoisotopic (exact) mass is 316 g/mol. The summed E-state index contributed by atoms with van der Waals surface area (Å²) in [4.78, 5) is 12.0. The van der Waals surface area contributed by atoms with Gasteiger partial charge >= 0.3 is 0 Å². The Kier molecular flexibility index (Phi) is 5.71. The predicted octanol–water partition coefficient (Wildman–Crippen LogP) is 1.75. The minimum Gasteiger partial charge on any atom is -0.352 e. The Morgan fingerprint density at radius 3 is 2.43 bits per heavy atom. The van der Waals surface area contributed by atoms with Gasteiger partial charge in [-0.05, 0) is 31.0 Å². The molecule has 0 unspecified atom stereocenters. The van der Waals surface area contributed by atoms with Gasteiger partial charge in [-0.1, -0.05) is 19.9 Å². The quantitative estimate of drug-likeness (QED) is 0.869. The first-order valence-corrected chi connectivity index (χ1v) is 8.48. The van der Waals surface area contributed by atoms with Crippen LogP contribution in [0, 0.1) is 11.7 Å². The van der Waals surface area contributed by atoms with Gasteiger partial charge in [0.1, 0.15) is 12.4 Å². The Bertz CT molecular complexity index is 602. The molecule has 0 saturated carbocycles. The van der Waals surface area contributed by atoms with Crippen molar-refractivity contribution in [1.29, 1.82) is 0 Å². The van der Waals surface area contributed by atoms with Crippen molar-refractivity contribution in [2.45, 2.75) is 26.8 Å². The van der Waals surface area contributed by atoms with Crippen molar-refractivity contribution >= 4 is 21.6 Å². The normalized spacial score (nSPS) is 13.0. The van der Waals surface area contributed by atoms with E-state index in [2.05, 4.69) is 5.32 Å². The Morgan fingerprint density at radius 1 is 1.33 bits per heavy atom. The fourth-order valence-electron chi connectivity index (χ4n) is 1.63. The van der Waals surface area contributed by atoms with Crippen LogP contribution in [0.4, 0.5) is 10.1 Å². The molecule has 1 atom stereocenters. The van der Waals surface area contributed by atoms with Crippen LogP contribution in [0.2, 0.25) is 0 Å². The van der Waals surface area contributed by atoms with E-state index in [1.165, 1.54) is 18.2 Å². The predicted molar refractivity (Wildman–Crippen MR) is 81.0 cm³/mol. The van der Waals surface area contributed by atoms with E-state index in [4.69, 9.17) is 0 Å². The Hall–Kier alpha value is -1.63. The van der Waals surface area contributed by atoms with E-state index in [0.717, 1.165) is 16.6 Å². The number of nitrogens with zero attached hydrogens (tertiary/aromatic N) is 1. The topological polar surface area (TPSA) is 66.5 Å². The number of nitrogens with one attached hydrogen (secondary N) is 1. The van der Waals surface area contributed by atoms with Crippen LogP contribution < -0.4 is 9.62 Å². The van der Waals surface area contributed by atoms with Crippen LogP contribution in [0.5, 0.6) is 0 Å². The smallest absolute Gasteiger partial charge is 0.240 e. The zero-order valence-electron chi connectivity index (χ0n) is 12.6. The van der Waals surface area contributed by atoms with Crippen molar-refractivity contribution < 1.29 is 17.6 Å². The number of hydrogen-bond acceptors (Lipinski definition) is 3. The molecular formula is C14H21FN2O3S. The van der Waals surface area contributed by atoms with Gasteiger partial charge in [0.05, 0.1) is 11.9 Å². The molecule has 0 spiro atoms. The third-order valence-corrected chi connectivity index (χ3v) is 4.31. The van der Waals surface area contributed by atoms with Crippen LogP contribution >= 0.6 is 0 Å². The summed E-state index contributed by atoms with van der Waals surface area (Å²) in [5.74, 6) is -0.752. The lowest BCUT2D eigenvalue weighted by atomic mass is 10.1. The highest BCUT2D eigenvalue weighted by Gasteiger charge is 2.22. The largest absolute Gasteiger partial charge is 0.352 e. The maximum atomic E-state index is 13.2. The van der Waals surface area contributed by atoms with Gasteiger partial charge in [0.15, 0.2) is 0 Å². The number of carbonyl (C=O) groups is 1. The van der Waals surface area contributed by atoms with Crippen LogP contribution in [0.3, 0.4) is 0 Å². The lowest BCUT2D eigenvalue weighted by Gasteiger charge is -2.24. The fourth-order valence-corrected chi connectivity index (χ4v) is 2.48. The molecule has 1 N–H and O–H groups in total. The molecule has 0 bridgehead atoms. The van der Waals surface area contributed by atoms with Crippen LogP contribution in [-0.4, -0.2) is 33.2 Å². The number of carbonyl (C=O) groups excluding carboxylic acids is 1. The maximum absolute atomic E-state index is 13.2. The van der Waals surface area contributed by atoms with E-state index in [9.17, 15) is 17.6 Å². The molecule has 0 heterocycles. The van der Waals surface area contributed by atoms with Gasteiger partial charge in [0.25, 0.3) is 0 Å². The minimum absolute atomic E-state index is 0.0774. The lowest BCUT2D eigenvalue weighted by molar-refractivity contribution is -0.120. The molecule has 5 nitrogen and oxygen atoms in total. The highest BCUT2D eigenvalue weighted by molar-refractivity contribution is 7.92. The second kappa shape index (κ2) is 6.89. The molecule has 0 saturated heterocycles. The summed E-state index contributed by atoms with van der Waals surface area (Å²) in [5, 5.41) is 2.73. The lowest BCUT2D eigenvalue weighted by Crippen LogP contribution is -2.44. The number of benzene rings is 1. The summed E-state index contributed by atoms with van der Waals surface area (Å²) in [6, 6.07) is 5.07. The van der Waals surface area contributed by atoms with E-state index >= 15 is 0 Å². The second-order valence-electron chi connectivity index (χ2n) is 5.35. The molecular weight excluding hydrogens is 295 g/mol. The molecule has 0 aliphatic heterocycles. The van der Waals surface area contributed by atoms with Crippen molar-refractivity contribution in [3.05, 3.63) is 30.1 Å². The van der Waals surface area contributed by atoms with Crippen molar-refractivity contribution in [3.63, 3.8) is 0 Å². The van der Waals surface area contributed by atoms with Crippen molar-refractivity contribution in [3.8, 4) is 0 Å². The molecule has 21 heavy (non-hydrogen) atoms. The third-order valence-electron chi connectivity index (χ3n) is 3.17. The van der Waals surface area contributed by atoms with E-state index in [1.807, 2.05) is 20.8 Å². The molecule has 118 valence electrons. The van der Waals surface area contributed by atoms with Gasteiger partial charge < -0.3 is 5.32 Å². The van der Waals surface area contributed by atoms with Crippen molar-refractivity contribution in [2.24, 2.45) is 5.92 Å². The Balaban J connectivity index is 2.94. The van der Waals surface area contributed by atoms with Crippen molar-refractivity contribution in [1.82, 2.24) is 5.32 Å². The van der Waals surface area contributed by atoms with Gasteiger partial charge in [-0.3, -0.25) is 9.10 Å². The summed E-state index contributed by atoms with van der Waals surface area (Å²) >= 11 is 0. The Morgan fingerprint density at radius 2 is 1.95 bits per heavy atom. The fraction of sp³-hybridized carbons (Fsp3) is 0.500. The summed E-state index contributed by atoms with van der Waals surface area (Å²) in [7, 11) is -3.68. The molecule has 0 aromatic heterocycles. The van der Waals surface area contributed by atoms with E-state index in [-0.39, 0.29) is 24.2 Å². The zero-order valence-corrected chi connectivity index (χ0v) is 13.4. The minimum atomic E-state index is -3.68. The van der Waals surface area contributed by atoms with Gasteiger partial charge in [-0.15, -0.1) is 0 Å². The number of sulfonamides is 1. The van der Waals surface area contributed by atoms with E-state index in [1.54, 1.807) is 0 Å². The molecule has 1 aromatic rings. The van der Waals surface area contributed by atoms with Gasteiger partial charge in [0, 0.05) is 6.04 Å². The molecule has 0 fully saturated rings. The molecule has 0 aliphatic carbocycles. The molecule has 1 aromatic carbocycles. The maximum Gasteiger partial charge on any atom is 0.240 e. The number of rotatable bonds is 6. The molecule has 1 amide bonds. The molecule has 0 radical (unpaired) electrons. The first-order chi connectivity index (χ1) is 9.61. The van der Waals surface area contributed by atoms with Crippen LogP contribution in [0.15, 0.2) is 24.3 Å². The van der Waals surface area contributed by atoms with Crippen LogP contribution in [0.1, 0.15) is 20.8 Å². The highest BCUT2D eigenvalue weighted by Crippen LogP contribution is 2.18.